The molecule has 0 atom stereocenters. The number of methoxy groups -OCH3 is 1. The SMILES string of the molecule is CCNC(=NCCCOCCOC)NCCCCN(C)c1ccccc1.I. The maximum absolute atomic E-state index is 5.45. The molecule has 27 heavy (non-hydrogen) atoms. The van der Waals surface area contributed by atoms with E-state index in [1.807, 2.05) is 0 Å². The van der Waals surface area contributed by atoms with Gasteiger partial charge in [0.1, 0.15) is 0 Å². The van der Waals surface area contributed by atoms with Gasteiger partial charge < -0.3 is 25.0 Å². The Morgan fingerprint density at radius 3 is 2.52 bits per heavy atom. The number of hydrogen-bond donors (Lipinski definition) is 2. The summed E-state index contributed by atoms with van der Waals surface area (Å²) in [6.07, 6.45) is 3.18. The lowest BCUT2D eigenvalue weighted by Gasteiger charge is -2.19. The van der Waals surface area contributed by atoms with E-state index < -0.39 is 0 Å². The van der Waals surface area contributed by atoms with Crippen molar-refractivity contribution in [2.24, 2.45) is 4.99 Å². The summed E-state index contributed by atoms with van der Waals surface area (Å²) in [5, 5.41) is 6.69. The van der Waals surface area contributed by atoms with Crippen LogP contribution in [0.2, 0.25) is 0 Å². The highest BCUT2D eigenvalue weighted by Gasteiger charge is 2.00. The van der Waals surface area contributed by atoms with Gasteiger partial charge in [0.2, 0.25) is 0 Å². The maximum atomic E-state index is 5.45. The summed E-state index contributed by atoms with van der Waals surface area (Å²) in [6, 6.07) is 10.5. The molecule has 0 amide bonds. The number of halogens is 1. The Balaban J connectivity index is 0.00000676. The molecule has 0 aliphatic carbocycles. The third-order valence-corrected chi connectivity index (χ3v) is 3.90. The molecule has 0 aliphatic heterocycles. The van der Waals surface area contributed by atoms with E-state index in [1.54, 1.807) is 7.11 Å². The molecule has 1 rings (SSSR count). The molecule has 0 radical (unpaired) electrons. The first-order valence-corrected chi connectivity index (χ1v) is 9.63. The number of guanidine groups is 1. The molecule has 0 unspecified atom stereocenters. The lowest BCUT2D eigenvalue weighted by atomic mass is 10.2. The fraction of sp³-hybridized carbons (Fsp3) is 0.650. The smallest absolute Gasteiger partial charge is 0.191 e. The Morgan fingerprint density at radius 1 is 1.04 bits per heavy atom. The van der Waals surface area contributed by atoms with E-state index in [2.05, 4.69) is 64.8 Å². The van der Waals surface area contributed by atoms with Crippen molar-refractivity contribution in [3.8, 4) is 0 Å². The van der Waals surface area contributed by atoms with Gasteiger partial charge in [-0.1, -0.05) is 18.2 Å². The normalized spacial score (nSPS) is 11.0. The number of ether oxygens (including phenoxy) is 2. The Labute approximate surface area is 182 Å². The van der Waals surface area contributed by atoms with Crippen molar-refractivity contribution in [2.45, 2.75) is 26.2 Å². The molecule has 0 heterocycles. The summed E-state index contributed by atoms with van der Waals surface area (Å²) < 4.78 is 10.4. The Morgan fingerprint density at radius 2 is 1.81 bits per heavy atom. The number of anilines is 1. The predicted molar refractivity (Wildman–Crippen MR) is 126 cm³/mol. The first-order valence-electron chi connectivity index (χ1n) is 9.63. The fourth-order valence-corrected chi connectivity index (χ4v) is 2.44. The fourth-order valence-electron chi connectivity index (χ4n) is 2.44. The van der Waals surface area contributed by atoms with Crippen molar-refractivity contribution >= 4 is 35.6 Å². The zero-order chi connectivity index (χ0) is 18.9. The molecule has 0 aromatic heterocycles. The van der Waals surface area contributed by atoms with Gasteiger partial charge in [0.25, 0.3) is 0 Å². The van der Waals surface area contributed by atoms with Crippen LogP contribution in [0.5, 0.6) is 0 Å². The molecule has 1 aromatic rings. The molecule has 6 nitrogen and oxygen atoms in total. The van der Waals surface area contributed by atoms with E-state index >= 15 is 0 Å². The van der Waals surface area contributed by atoms with Crippen molar-refractivity contribution in [1.29, 1.82) is 0 Å². The molecule has 0 bridgehead atoms. The Bertz CT molecular complexity index is 474. The van der Waals surface area contributed by atoms with E-state index in [1.165, 1.54) is 5.69 Å². The second-order valence-corrected chi connectivity index (χ2v) is 6.11. The highest BCUT2D eigenvalue weighted by molar-refractivity contribution is 14.0. The first kappa shape index (κ1) is 25.9. The molecule has 0 aliphatic rings. The number of nitrogens with zero attached hydrogens (tertiary/aromatic N) is 2. The number of rotatable bonds is 14. The monoisotopic (exact) mass is 492 g/mol. The number of nitrogens with one attached hydrogen (secondary N) is 2. The summed E-state index contributed by atoms with van der Waals surface area (Å²) in [5.41, 5.74) is 1.27. The topological polar surface area (TPSA) is 58.1 Å². The van der Waals surface area contributed by atoms with Gasteiger partial charge in [-0.25, -0.2) is 0 Å². The third-order valence-electron chi connectivity index (χ3n) is 3.90. The molecule has 1 aromatic carbocycles. The van der Waals surface area contributed by atoms with Gasteiger partial charge in [-0.05, 0) is 38.3 Å². The molecule has 0 saturated carbocycles. The first-order chi connectivity index (χ1) is 12.8. The molecule has 156 valence electrons. The van der Waals surface area contributed by atoms with Crippen LogP contribution in [-0.4, -0.2) is 66.1 Å². The zero-order valence-electron chi connectivity index (χ0n) is 17.1. The van der Waals surface area contributed by atoms with Crippen LogP contribution < -0.4 is 15.5 Å². The van der Waals surface area contributed by atoms with E-state index in [9.17, 15) is 0 Å². The highest BCUT2D eigenvalue weighted by atomic mass is 127. The van der Waals surface area contributed by atoms with Crippen molar-refractivity contribution in [3.63, 3.8) is 0 Å². The minimum Gasteiger partial charge on any atom is -0.382 e. The van der Waals surface area contributed by atoms with Crippen molar-refractivity contribution < 1.29 is 9.47 Å². The second-order valence-electron chi connectivity index (χ2n) is 6.11. The number of unbranched alkanes of at least 4 members (excludes halogenated alkanes) is 1. The zero-order valence-corrected chi connectivity index (χ0v) is 19.4. The Kier molecular flexibility index (Phi) is 17.6. The van der Waals surface area contributed by atoms with Gasteiger partial charge in [0.15, 0.2) is 5.96 Å². The van der Waals surface area contributed by atoms with E-state index in [0.29, 0.717) is 13.2 Å². The van der Waals surface area contributed by atoms with Crippen LogP contribution in [0.15, 0.2) is 35.3 Å². The lowest BCUT2D eigenvalue weighted by Crippen LogP contribution is -2.38. The van der Waals surface area contributed by atoms with Gasteiger partial charge in [0.05, 0.1) is 13.2 Å². The van der Waals surface area contributed by atoms with Crippen LogP contribution in [0, 0.1) is 0 Å². The van der Waals surface area contributed by atoms with Gasteiger partial charge in [-0.3, -0.25) is 4.99 Å². The molecule has 7 heteroatoms. The van der Waals surface area contributed by atoms with Gasteiger partial charge >= 0.3 is 0 Å². The summed E-state index contributed by atoms with van der Waals surface area (Å²) in [7, 11) is 3.82. The van der Waals surface area contributed by atoms with Gasteiger partial charge in [-0.2, -0.15) is 0 Å². The number of aliphatic imine (C=N–C) groups is 1. The van der Waals surface area contributed by atoms with Crippen LogP contribution >= 0.6 is 24.0 Å². The summed E-state index contributed by atoms with van der Waals surface area (Å²) in [6.45, 7) is 7.71. The van der Waals surface area contributed by atoms with Crippen LogP contribution in [0.4, 0.5) is 5.69 Å². The molecule has 0 fully saturated rings. The van der Waals surface area contributed by atoms with Crippen molar-refractivity contribution in [1.82, 2.24) is 10.6 Å². The predicted octanol–water partition coefficient (Wildman–Crippen LogP) is 3.13. The van der Waals surface area contributed by atoms with Crippen LogP contribution in [-0.2, 0) is 9.47 Å². The Hall–Kier alpha value is -1.06. The van der Waals surface area contributed by atoms with Crippen LogP contribution in [0.1, 0.15) is 26.2 Å². The summed E-state index contributed by atoms with van der Waals surface area (Å²) in [5.74, 6) is 0.890. The highest BCUT2D eigenvalue weighted by Crippen LogP contribution is 2.11. The van der Waals surface area contributed by atoms with Crippen molar-refractivity contribution in [3.05, 3.63) is 30.3 Å². The average molecular weight is 492 g/mol. The quantitative estimate of drug-likeness (QED) is 0.181. The molecule has 0 saturated heterocycles. The second kappa shape index (κ2) is 18.3. The number of para-hydroxylation sites is 1. The summed E-state index contributed by atoms with van der Waals surface area (Å²) in [4.78, 5) is 6.88. The largest absolute Gasteiger partial charge is 0.382 e. The van der Waals surface area contributed by atoms with E-state index in [4.69, 9.17) is 9.47 Å². The lowest BCUT2D eigenvalue weighted by molar-refractivity contribution is 0.0702. The van der Waals surface area contributed by atoms with Crippen LogP contribution in [0.25, 0.3) is 0 Å². The molecular formula is C20H37IN4O2. The molecular weight excluding hydrogens is 455 g/mol. The number of benzene rings is 1. The number of hydrogen-bond acceptors (Lipinski definition) is 4. The van der Waals surface area contributed by atoms with Crippen LogP contribution in [0.3, 0.4) is 0 Å². The van der Waals surface area contributed by atoms with Gasteiger partial charge in [-0.15, -0.1) is 24.0 Å². The van der Waals surface area contributed by atoms with E-state index in [-0.39, 0.29) is 24.0 Å². The summed E-state index contributed by atoms with van der Waals surface area (Å²) >= 11 is 0. The standard InChI is InChI=1S/C20H36N4O2.HI/c1-4-21-20(23-14-10-16-26-18-17-25-3)22-13-8-9-15-24(2)19-11-6-5-7-12-19;/h5-7,11-12H,4,8-10,13-18H2,1-3H3,(H2,21,22,23);1H. The van der Waals surface area contributed by atoms with Crippen molar-refractivity contribution in [2.75, 3.05) is 65.1 Å². The molecule has 2 N–H and O–H groups in total. The van der Waals surface area contributed by atoms with Gasteiger partial charge in [0, 0.05) is 52.6 Å². The minimum atomic E-state index is 0. The maximum Gasteiger partial charge on any atom is 0.191 e. The molecule has 0 spiro atoms. The minimum absolute atomic E-state index is 0. The average Bonchev–Trinajstić information content (AvgIpc) is 2.67. The van der Waals surface area contributed by atoms with E-state index in [0.717, 1.165) is 58.0 Å². The third kappa shape index (κ3) is 13.7.